The van der Waals surface area contributed by atoms with Gasteiger partial charge in [-0.05, 0) is 31.0 Å². The number of hydrogen-bond acceptors (Lipinski definition) is 3. The third-order valence-electron chi connectivity index (χ3n) is 4.70. The first-order chi connectivity index (χ1) is 12.5. The molecule has 1 aromatic carbocycles. The summed E-state index contributed by atoms with van der Waals surface area (Å²) in [6.45, 7) is 1.68. The number of nitrogens with zero attached hydrogens (tertiary/aromatic N) is 2. The summed E-state index contributed by atoms with van der Waals surface area (Å²) >= 11 is 5.94. The molecule has 1 saturated carbocycles. The van der Waals surface area contributed by atoms with Crippen LogP contribution in [0.2, 0.25) is 5.02 Å². The summed E-state index contributed by atoms with van der Waals surface area (Å²) < 4.78 is 5.66. The molecule has 1 aliphatic rings. The monoisotopic (exact) mass is 508 g/mol. The molecule has 2 N–H and O–H groups in total. The molecule has 0 bridgehead atoms. The van der Waals surface area contributed by atoms with E-state index in [1.54, 1.807) is 18.0 Å². The average molecular weight is 509 g/mol. The first-order valence-electron chi connectivity index (χ1n) is 9.01. The van der Waals surface area contributed by atoms with Gasteiger partial charge in [-0.2, -0.15) is 0 Å². The summed E-state index contributed by atoms with van der Waals surface area (Å²) in [5, 5.41) is 7.18. The minimum atomic E-state index is -0.321. The third-order valence-corrected chi connectivity index (χ3v) is 4.93. The summed E-state index contributed by atoms with van der Waals surface area (Å²) in [5.74, 6) is 1.61. The quantitative estimate of drug-likeness (QED) is 0.257. The van der Waals surface area contributed by atoms with Crippen LogP contribution in [0.25, 0.3) is 0 Å². The molecule has 1 aromatic rings. The molecule has 1 amide bonds. The van der Waals surface area contributed by atoms with E-state index in [0.29, 0.717) is 30.7 Å². The highest BCUT2D eigenvalue weighted by atomic mass is 127. The number of carbonyl (C=O) groups excluding carboxylic acids is 1. The predicted octanol–water partition coefficient (Wildman–Crippen LogP) is 3.15. The van der Waals surface area contributed by atoms with Crippen LogP contribution in [0.3, 0.4) is 0 Å². The van der Waals surface area contributed by atoms with Crippen molar-refractivity contribution in [1.29, 1.82) is 0 Å². The molecule has 6 nitrogen and oxygen atoms in total. The van der Waals surface area contributed by atoms with Gasteiger partial charge in [0.05, 0.1) is 12.0 Å². The van der Waals surface area contributed by atoms with Crippen LogP contribution in [0, 0.1) is 5.41 Å². The van der Waals surface area contributed by atoms with Crippen LogP contribution in [0.5, 0.6) is 5.75 Å². The lowest BCUT2D eigenvalue weighted by Crippen LogP contribution is -2.49. The fourth-order valence-corrected chi connectivity index (χ4v) is 3.54. The van der Waals surface area contributed by atoms with E-state index in [0.717, 1.165) is 31.4 Å². The maximum Gasteiger partial charge on any atom is 0.230 e. The lowest BCUT2D eigenvalue weighted by Gasteiger charge is -2.31. The highest BCUT2D eigenvalue weighted by molar-refractivity contribution is 14.0. The maximum atomic E-state index is 12.6. The van der Waals surface area contributed by atoms with E-state index in [1.165, 1.54) is 0 Å². The molecule has 2 rings (SSSR count). The SMILES string of the molecule is CN=C(NCCOc1cccc(Cl)c1)NCC1(C(=O)N(C)C)CCCC1.I. The molecule has 0 spiro atoms. The van der Waals surface area contributed by atoms with Gasteiger partial charge in [0.25, 0.3) is 0 Å². The molecular weight excluding hydrogens is 479 g/mol. The molecule has 0 aliphatic heterocycles. The normalized spacial score (nSPS) is 15.6. The van der Waals surface area contributed by atoms with E-state index in [2.05, 4.69) is 15.6 Å². The molecule has 152 valence electrons. The van der Waals surface area contributed by atoms with Gasteiger partial charge >= 0.3 is 0 Å². The highest BCUT2D eigenvalue weighted by Crippen LogP contribution is 2.38. The fraction of sp³-hybridized carbons (Fsp3) is 0.579. The Morgan fingerprint density at radius 2 is 2.00 bits per heavy atom. The Kier molecular flexibility index (Phi) is 10.2. The van der Waals surface area contributed by atoms with Gasteiger partial charge in [-0.15, -0.1) is 24.0 Å². The lowest BCUT2D eigenvalue weighted by atomic mass is 9.84. The number of halogens is 2. The summed E-state index contributed by atoms with van der Waals surface area (Å²) in [6.07, 6.45) is 4.04. The second kappa shape index (κ2) is 11.6. The number of hydrogen-bond donors (Lipinski definition) is 2. The van der Waals surface area contributed by atoms with Crippen molar-refractivity contribution in [2.24, 2.45) is 10.4 Å². The molecule has 0 radical (unpaired) electrons. The van der Waals surface area contributed by atoms with Gasteiger partial charge in [-0.3, -0.25) is 9.79 Å². The molecule has 8 heteroatoms. The second-order valence-corrected chi connectivity index (χ2v) is 7.28. The van der Waals surface area contributed by atoms with Crippen LogP contribution in [0.1, 0.15) is 25.7 Å². The third kappa shape index (κ3) is 7.03. The van der Waals surface area contributed by atoms with E-state index in [-0.39, 0.29) is 35.3 Å². The van der Waals surface area contributed by atoms with Crippen molar-refractivity contribution in [3.8, 4) is 5.75 Å². The summed E-state index contributed by atoms with van der Waals surface area (Å²) in [7, 11) is 5.37. The molecule has 0 aromatic heterocycles. The standard InChI is InChI=1S/C19H29ClN4O2.HI/c1-21-18(22-11-12-26-16-8-6-7-15(20)13-16)23-14-19(9-4-5-10-19)17(25)24(2)3;/h6-8,13H,4-5,9-12,14H2,1-3H3,(H2,21,22,23);1H. The van der Waals surface area contributed by atoms with Gasteiger partial charge in [0.2, 0.25) is 5.91 Å². The number of nitrogens with one attached hydrogen (secondary N) is 2. The molecule has 27 heavy (non-hydrogen) atoms. The Morgan fingerprint density at radius 1 is 1.30 bits per heavy atom. The maximum absolute atomic E-state index is 12.6. The van der Waals surface area contributed by atoms with Crippen LogP contribution in [0.4, 0.5) is 0 Å². The first kappa shape index (κ1) is 23.8. The Bertz CT molecular complexity index is 634. The fourth-order valence-electron chi connectivity index (χ4n) is 3.36. The van der Waals surface area contributed by atoms with Crippen molar-refractivity contribution in [3.63, 3.8) is 0 Å². The Balaban J connectivity index is 0.00000364. The van der Waals surface area contributed by atoms with Gasteiger partial charge in [0.15, 0.2) is 5.96 Å². The van der Waals surface area contributed by atoms with Crippen LogP contribution in [-0.4, -0.2) is 57.6 Å². The van der Waals surface area contributed by atoms with E-state index in [9.17, 15) is 4.79 Å². The van der Waals surface area contributed by atoms with Gasteiger partial charge in [0, 0.05) is 32.7 Å². The zero-order valence-corrected chi connectivity index (χ0v) is 19.3. The summed E-state index contributed by atoms with van der Waals surface area (Å²) in [6, 6.07) is 7.32. The lowest BCUT2D eigenvalue weighted by molar-refractivity contribution is -0.138. The van der Waals surface area contributed by atoms with Crippen molar-refractivity contribution >= 4 is 47.4 Å². The van der Waals surface area contributed by atoms with Gasteiger partial charge in [0.1, 0.15) is 12.4 Å². The molecule has 0 atom stereocenters. The largest absolute Gasteiger partial charge is 0.492 e. The topological polar surface area (TPSA) is 66.0 Å². The van der Waals surface area contributed by atoms with Gasteiger partial charge in [-0.1, -0.05) is 30.5 Å². The van der Waals surface area contributed by atoms with Crippen molar-refractivity contribution < 1.29 is 9.53 Å². The number of ether oxygens (including phenoxy) is 1. The minimum absolute atomic E-state index is 0. The van der Waals surface area contributed by atoms with Crippen molar-refractivity contribution in [2.75, 3.05) is 40.8 Å². The first-order valence-corrected chi connectivity index (χ1v) is 9.39. The second-order valence-electron chi connectivity index (χ2n) is 6.85. The van der Waals surface area contributed by atoms with Crippen LogP contribution in [0.15, 0.2) is 29.3 Å². The van der Waals surface area contributed by atoms with Crippen molar-refractivity contribution in [3.05, 3.63) is 29.3 Å². The van der Waals surface area contributed by atoms with E-state index in [1.807, 2.05) is 32.3 Å². The number of carbonyl (C=O) groups is 1. The van der Waals surface area contributed by atoms with Crippen molar-refractivity contribution in [1.82, 2.24) is 15.5 Å². The Hall–Kier alpha value is -1.22. The molecular formula is C19H30ClIN4O2. The predicted molar refractivity (Wildman–Crippen MR) is 121 cm³/mol. The zero-order valence-electron chi connectivity index (χ0n) is 16.3. The number of benzene rings is 1. The summed E-state index contributed by atoms with van der Waals surface area (Å²) in [5.41, 5.74) is -0.321. The van der Waals surface area contributed by atoms with Crippen LogP contribution < -0.4 is 15.4 Å². The number of amides is 1. The van der Waals surface area contributed by atoms with Gasteiger partial charge in [-0.25, -0.2) is 0 Å². The van der Waals surface area contributed by atoms with Crippen LogP contribution >= 0.6 is 35.6 Å². The Morgan fingerprint density at radius 3 is 2.59 bits per heavy atom. The molecule has 1 aliphatic carbocycles. The zero-order chi connectivity index (χ0) is 19.0. The van der Waals surface area contributed by atoms with Crippen molar-refractivity contribution in [2.45, 2.75) is 25.7 Å². The average Bonchev–Trinajstić information content (AvgIpc) is 3.10. The highest BCUT2D eigenvalue weighted by Gasteiger charge is 2.42. The van der Waals surface area contributed by atoms with Crippen LogP contribution in [-0.2, 0) is 4.79 Å². The minimum Gasteiger partial charge on any atom is -0.492 e. The smallest absolute Gasteiger partial charge is 0.230 e. The molecule has 0 saturated heterocycles. The number of aliphatic imine (C=N–C) groups is 1. The van der Waals surface area contributed by atoms with Gasteiger partial charge < -0.3 is 20.3 Å². The number of guanidine groups is 1. The van der Waals surface area contributed by atoms with E-state index in [4.69, 9.17) is 16.3 Å². The molecule has 0 unspecified atom stereocenters. The number of rotatable bonds is 7. The Labute approximate surface area is 184 Å². The van der Waals surface area contributed by atoms with E-state index >= 15 is 0 Å². The summed E-state index contributed by atoms with van der Waals surface area (Å²) in [4.78, 5) is 18.5. The molecule has 1 fully saturated rings. The molecule has 0 heterocycles. The van der Waals surface area contributed by atoms with E-state index < -0.39 is 0 Å².